The van der Waals surface area contributed by atoms with E-state index < -0.39 is 37.1 Å². The summed E-state index contributed by atoms with van der Waals surface area (Å²) in [6.45, 7) is -0.444. The van der Waals surface area contributed by atoms with Gasteiger partial charge in [-0.1, -0.05) is 0 Å². The van der Waals surface area contributed by atoms with E-state index in [0.717, 1.165) is 0 Å². The smallest absolute Gasteiger partial charge is 0.350 e. The van der Waals surface area contributed by atoms with Gasteiger partial charge in [0.05, 0.1) is 6.61 Å². The second kappa shape index (κ2) is 3.10. The third kappa shape index (κ3) is 1.24. The van der Waals surface area contributed by atoms with Crippen molar-refractivity contribution in [2.24, 2.45) is 0 Å². The fourth-order valence-corrected chi connectivity index (χ4v) is 1.52. The number of alkyl halides is 1. The molecule has 2 fully saturated rings. The zero-order valence-electron chi connectivity index (χ0n) is 6.46. The SMILES string of the molecule is F.OC[C@H]1O[C@]2(F)O[C@H]1[C@@H](O)[C@H]2O. The Morgan fingerprint density at radius 1 is 1.31 bits per heavy atom. The van der Waals surface area contributed by atoms with E-state index in [4.69, 9.17) is 15.3 Å². The number of halogens is 2. The second-order valence-electron chi connectivity index (χ2n) is 2.94. The van der Waals surface area contributed by atoms with Gasteiger partial charge in [0, 0.05) is 0 Å². The molecule has 2 heterocycles. The molecule has 0 aliphatic carbocycles. The Hall–Kier alpha value is -0.340. The lowest BCUT2D eigenvalue weighted by atomic mass is 10.0. The monoisotopic (exact) mass is 200 g/mol. The molecule has 5 atom stereocenters. The van der Waals surface area contributed by atoms with E-state index in [0.29, 0.717) is 0 Å². The van der Waals surface area contributed by atoms with Crippen LogP contribution < -0.4 is 0 Å². The molecule has 2 saturated heterocycles. The van der Waals surface area contributed by atoms with Gasteiger partial charge in [-0.2, -0.15) is 4.39 Å². The van der Waals surface area contributed by atoms with E-state index in [1.807, 2.05) is 0 Å². The molecule has 2 rings (SSSR count). The van der Waals surface area contributed by atoms with Gasteiger partial charge in [0.25, 0.3) is 0 Å². The predicted octanol–water partition coefficient (Wildman–Crippen LogP) is -1.73. The molecule has 0 aromatic carbocycles. The number of aliphatic hydroxyl groups is 3. The molecule has 2 aliphatic rings. The van der Waals surface area contributed by atoms with Crippen molar-refractivity contribution in [3.8, 4) is 0 Å². The van der Waals surface area contributed by atoms with E-state index in [1.54, 1.807) is 0 Å². The van der Waals surface area contributed by atoms with Gasteiger partial charge in [-0.15, -0.1) is 0 Å². The zero-order valence-corrected chi connectivity index (χ0v) is 6.46. The maximum absolute atomic E-state index is 13.2. The standard InChI is InChI=1S/C6H9FO5.FH/c7-6-5(10)3(9)4(12-6)2(1-8)11-6;/h2-5,8-10H,1H2;1H/t2-,3-,4-,5-,6+;/m1./s1. The van der Waals surface area contributed by atoms with Crippen LogP contribution in [0.5, 0.6) is 0 Å². The maximum Gasteiger partial charge on any atom is 0.350 e. The molecule has 2 aliphatic heterocycles. The van der Waals surface area contributed by atoms with Crippen molar-refractivity contribution in [1.82, 2.24) is 0 Å². The molecule has 0 saturated carbocycles. The molecule has 0 spiro atoms. The highest BCUT2D eigenvalue weighted by molar-refractivity contribution is 5.00. The van der Waals surface area contributed by atoms with Crippen LogP contribution in [0.15, 0.2) is 0 Å². The molecular formula is C6H10F2O5. The average Bonchev–Trinajstić information content (AvgIpc) is 2.49. The Morgan fingerprint density at radius 3 is 2.31 bits per heavy atom. The summed E-state index contributed by atoms with van der Waals surface area (Å²) in [5.74, 6) is 0. The third-order valence-corrected chi connectivity index (χ3v) is 2.17. The van der Waals surface area contributed by atoms with Gasteiger partial charge in [-0.3, -0.25) is 4.70 Å². The summed E-state index contributed by atoms with van der Waals surface area (Å²) in [6, 6.07) is -2.64. The first-order chi connectivity index (χ1) is 5.58. The molecule has 2 bridgehead atoms. The summed E-state index contributed by atoms with van der Waals surface area (Å²) in [7, 11) is 0. The van der Waals surface area contributed by atoms with Crippen LogP contribution in [0, 0.1) is 0 Å². The van der Waals surface area contributed by atoms with Gasteiger partial charge in [-0.25, -0.2) is 0 Å². The Bertz CT molecular complexity index is 197. The van der Waals surface area contributed by atoms with Crippen molar-refractivity contribution in [3.05, 3.63) is 0 Å². The fraction of sp³-hybridized carbons (Fsp3) is 1.00. The Kier molecular flexibility index (Phi) is 2.56. The largest absolute Gasteiger partial charge is 0.394 e. The maximum atomic E-state index is 13.2. The first-order valence-corrected chi connectivity index (χ1v) is 3.60. The number of hydrogen-bond donors (Lipinski definition) is 3. The van der Waals surface area contributed by atoms with Crippen LogP contribution in [0.2, 0.25) is 0 Å². The van der Waals surface area contributed by atoms with Crippen molar-refractivity contribution >= 4 is 0 Å². The number of ether oxygens (including phenoxy) is 2. The summed E-state index contributed by atoms with van der Waals surface area (Å²) in [5, 5.41) is 26.8. The van der Waals surface area contributed by atoms with Gasteiger partial charge in [0.1, 0.15) is 18.3 Å². The molecule has 5 nitrogen and oxygen atoms in total. The van der Waals surface area contributed by atoms with Crippen molar-refractivity contribution in [3.63, 3.8) is 0 Å². The van der Waals surface area contributed by atoms with E-state index in [2.05, 4.69) is 9.47 Å². The fourth-order valence-electron chi connectivity index (χ4n) is 1.52. The molecule has 0 radical (unpaired) electrons. The molecule has 78 valence electrons. The Balaban J connectivity index is 0.000000845. The zero-order chi connectivity index (χ0) is 8.93. The summed E-state index contributed by atoms with van der Waals surface area (Å²) < 4.78 is 22.3. The van der Waals surface area contributed by atoms with Crippen molar-refractivity contribution in [2.75, 3.05) is 6.61 Å². The summed E-state index contributed by atoms with van der Waals surface area (Å²) in [5.41, 5.74) is 0. The molecule has 0 amide bonds. The highest BCUT2D eigenvalue weighted by Crippen LogP contribution is 2.43. The van der Waals surface area contributed by atoms with Crippen LogP contribution in [0.25, 0.3) is 0 Å². The number of fused-ring (bicyclic) bond motifs is 2. The second-order valence-corrected chi connectivity index (χ2v) is 2.94. The average molecular weight is 200 g/mol. The van der Waals surface area contributed by atoms with E-state index >= 15 is 0 Å². The Labute approximate surface area is 72.1 Å². The summed E-state index contributed by atoms with van der Waals surface area (Å²) >= 11 is 0. The van der Waals surface area contributed by atoms with E-state index in [9.17, 15) is 4.39 Å². The van der Waals surface area contributed by atoms with Crippen LogP contribution in [0.4, 0.5) is 9.09 Å². The van der Waals surface area contributed by atoms with Gasteiger partial charge in [-0.05, 0) is 0 Å². The molecule has 7 heteroatoms. The number of aliphatic hydroxyl groups excluding tert-OH is 3. The summed E-state index contributed by atoms with van der Waals surface area (Å²) in [4.78, 5) is 0. The lowest BCUT2D eigenvalue weighted by Crippen LogP contribution is -2.50. The lowest BCUT2D eigenvalue weighted by Gasteiger charge is -2.27. The first kappa shape index (κ1) is 10.7. The normalized spacial score (nSPS) is 53.5. The minimum Gasteiger partial charge on any atom is -0.394 e. The highest BCUT2D eigenvalue weighted by Gasteiger charge is 2.65. The molecule has 13 heavy (non-hydrogen) atoms. The molecule has 0 aromatic heterocycles. The van der Waals surface area contributed by atoms with Crippen molar-refractivity contribution in [2.45, 2.75) is 30.5 Å². The highest BCUT2D eigenvalue weighted by atomic mass is 19.2. The van der Waals surface area contributed by atoms with Crippen LogP contribution in [-0.4, -0.2) is 52.4 Å². The lowest BCUT2D eigenvalue weighted by molar-refractivity contribution is -0.300. The van der Waals surface area contributed by atoms with Crippen LogP contribution >= 0.6 is 0 Å². The topological polar surface area (TPSA) is 79.2 Å². The molecular weight excluding hydrogens is 190 g/mol. The third-order valence-electron chi connectivity index (χ3n) is 2.17. The Morgan fingerprint density at radius 2 is 1.92 bits per heavy atom. The molecule has 0 unspecified atom stereocenters. The number of hydrogen-bond acceptors (Lipinski definition) is 5. The minimum atomic E-state index is -2.64. The van der Waals surface area contributed by atoms with Gasteiger partial charge < -0.3 is 24.8 Å². The predicted molar refractivity (Wildman–Crippen MR) is 35.2 cm³/mol. The molecule has 0 aromatic rings. The minimum absolute atomic E-state index is 0. The molecule has 3 N–H and O–H groups in total. The first-order valence-electron chi connectivity index (χ1n) is 3.60. The summed E-state index contributed by atoms with van der Waals surface area (Å²) in [6.07, 6.45) is -4.89. The van der Waals surface area contributed by atoms with E-state index in [-0.39, 0.29) is 4.70 Å². The van der Waals surface area contributed by atoms with Crippen LogP contribution in [0.3, 0.4) is 0 Å². The number of rotatable bonds is 1. The quantitative estimate of drug-likeness (QED) is 0.469. The van der Waals surface area contributed by atoms with Crippen LogP contribution in [0.1, 0.15) is 0 Å². The van der Waals surface area contributed by atoms with Crippen LogP contribution in [-0.2, 0) is 9.47 Å². The van der Waals surface area contributed by atoms with Gasteiger partial charge in [0.15, 0.2) is 6.10 Å². The van der Waals surface area contributed by atoms with Gasteiger partial charge in [0.2, 0.25) is 0 Å². The van der Waals surface area contributed by atoms with Crippen molar-refractivity contribution in [1.29, 1.82) is 0 Å². The van der Waals surface area contributed by atoms with E-state index in [1.165, 1.54) is 0 Å². The van der Waals surface area contributed by atoms with Crippen molar-refractivity contribution < 1.29 is 33.9 Å². The van der Waals surface area contributed by atoms with Gasteiger partial charge >= 0.3 is 6.04 Å².